The number of benzene rings is 1. The fourth-order valence-electron chi connectivity index (χ4n) is 2.26. The molecule has 7 heteroatoms. The summed E-state index contributed by atoms with van der Waals surface area (Å²) >= 11 is 6.84. The van der Waals surface area contributed by atoms with Gasteiger partial charge in [0.2, 0.25) is 5.91 Å². The van der Waals surface area contributed by atoms with E-state index in [0.29, 0.717) is 15.3 Å². The summed E-state index contributed by atoms with van der Waals surface area (Å²) < 4.78 is 26.3. The molecule has 0 saturated heterocycles. The van der Waals surface area contributed by atoms with E-state index in [4.69, 9.17) is 11.6 Å². The predicted octanol–water partition coefficient (Wildman–Crippen LogP) is 3.23. The smallest absolute Gasteiger partial charge is 0.234 e. The summed E-state index contributed by atoms with van der Waals surface area (Å²) in [5, 5.41) is 3.59. The number of alkyl halides is 1. The van der Waals surface area contributed by atoms with Crippen LogP contribution in [0.25, 0.3) is 0 Å². The van der Waals surface area contributed by atoms with E-state index < -0.39 is 15.1 Å². The van der Waals surface area contributed by atoms with Crippen LogP contribution in [0.2, 0.25) is 0 Å². The fourth-order valence-corrected chi connectivity index (χ4v) is 5.47. The third-order valence-corrected chi connectivity index (χ3v) is 7.09. The molecule has 124 valence electrons. The van der Waals surface area contributed by atoms with Crippen molar-refractivity contribution in [3.8, 4) is 0 Å². The number of halogens is 1. The Labute approximate surface area is 145 Å². The van der Waals surface area contributed by atoms with Crippen molar-refractivity contribution in [3.05, 3.63) is 51.7 Å². The number of nitrogens with one attached hydrogen (secondary N) is 1. The third kappa shape index (κ3) is 4.13. The lowest BCUT2D eigenvalue weighted by Crippen LogP contribution is -2.32. The summed E-state index contributed by atoms with van der Waals surface area (Å²) in [6, 6.07) is 8.92. The zero-order chi connectivity index (χ0) is 17.0. The Bertz CT molecular complexity index is 786. The summed E-state index contributed by atoms with van der Waals surface area (Å²) in [6.07, 6.45) is 0. The van der Waals surface area contributed by atoms with Gasteiger partial charge in [0.15, 0.2) is 9.84 Å². The maximum atomic E-state index is 13.1. The lowest BCUT2D eigenvalue weighted by molar-refractivity contribution is -0.118. The van der Waals surface area contributed by atoms with Crippen LogP contribution in [0.15, 0.2) is 40.6 Å². The number of thiophene rings is 1. The van der Waals surface area contributed by atoms with Gasteiger partial charge in [-0.1, -0.05) is 18.2 Å². The Morgan fingerprint density at radius 2 is 2.04 bits per heavy atom. The van der Waals surface area contributed by atoms with Crippen LogP contribution in [0.4, 0.5) is 0 Å². The van der Waals surface area contributed by atoms with Crippen LogP contribution in [-0.4, -0.2) is 26.7 Å². The van der Waals surface area contributed by atoms with Gasteiger partial charge in [-0.05, 0) is 42.5 Å². The number of hydrogen-bond donors (Lipinski definition) is 1. The molecule has 1 aromatic carbocycles. The maximum Gasteiger partial charge on any atom is 0.234 e. The van der Waals surface area contributed by atoms with Crippen molar-refractivity contribution in [1.82, 2.24) is 5.32 Å². The van der Waals surface area contributed by atoms with Crippen LogP contribution in [0.3, 0.4) is 0 Å². The van der Waals surface area contributed by atoms with Crippen molar-refractivity contribution < 1.29 is 13.2 Å². The highest BCUT2D eigenvalue weighted by atomic mass is 35.5. The Morgan fingerprint density at radius 1 is 1.30 bits per heavy atom. The van der Waals surface area contributed by atoms with Crippen LogP contribution in [-0.2, 0) is 14.6 Å². The first-order valence-corrected chi connectivity index (χ1v) is 9.99. The fraction of sp³-hybridized carbons (Fsp3) is 0.312. The molecule has 1 N–H and O–H groups in total. The molecule has 0 aliphatic heterocycles. The molecule has 0 aliphatic rings. The number of rotatable bonds is 6. The van der Waals surface area contributed by atoms with Crippen molar-refractivity contribution in [3.63, 3.8) is 0 Å². The Kier molecular flexibility index (Phi) is 5.84. The molecule has 2 aromatic rings. The molecule has 0 bridgehead atoms. The molecule has 1 heterocycles. The molecule has 0 radical (unpaired) electrons. The average Bonchev–Trinajstić information content (AvgIpc) is 3.03. The molecule has 0 spiro atoms. The van der Waals surface area contributed by atoms with Gasteiger partial charge in [0, 0.05) is 11.4 Å². The number of hydrogen-bond acceptors (Lipinski definition) is 4. The van der Waals surface area contributed by atoms with Crippen molar-refractivity contribution in [1.29, 1.82) is 0 Å². The Morgan fingerprint density at radius 3 is 2.65 bits per heavy atom. The van der Waals surface area contributed by atoms with Crippen LogP contribution in [0.1, 0.15) is 21.3 Å². The summed E-state index contributed by atoms with van der Waals surface area (Å²) in [5.41, 5.74) is 1.57. The molecule has 0 unspecified atom stereocenters. The monoisotopic (exact) mass is 371 g/mol. The summed E-state index contributed by atoms with van der Waals surface area (Å²) in [5.74, 6) is -0.579. The standard InChI is InChI=1S/C16H18ClNO3S2/c1-11-5-6-12(2)14(8-11)23(20,21)15(10-18-16(19)9-17)13-4-3-7-22-13/h3-8,15H,9-10H2,1-2H3,(H,18,19)/t15-/m1/s1. The van der Waals surface area contributed by atoms with E-state index in [1.54, 1.807) is 31.2 Å². The van der Waals surface area contributed by atoms with E-state index >= 15 is 0 Å². The van der Waals surface area contributed by atoms with Crippen molar-refractivity contribution in [2.75, 3.05) is 12.4 Å². The van der Waals surface area contributed by atoms with Gasteiger partial charge < -0.3 is 5.32 Å². The van der Waals surface area contributed by atoms with Gasteiger partial charge in [-0.2, -0.15) is 0 Å². The first-order valence-electron chi connectivity index (χ1n) is 7.03. The average molecular weight is 372 g/mol. The molecule has 0 aliphatic carbocycles. The van der Waals surface area contributed by atoms with Crippen LogP contribution >= 0.6 is 22.9 Å². The zero-order valence-corrected chi connectivity index (χ0v) is 15.3. The second-order valence-corrected chi connectivity index (χ2v) is 8.60. The van der Waals surface area contributed by atoms with Gasteiger partial charge in [-0.3, -0.25) is 4.79 Å². The lowest BCUT2D eigenvalue weighted by atomic mass is 10.2. The molecule has 23 heavy (non-hydrogen) atoms. The van der Waals surface area contributed by atoms with Gasteiger partial charge in [0.1, 0.15) is 11.1 Å². The molecule has 1 atom stereocenters. The maximum absolute atomic E-state index is 13.1. The molecule has 2 rings (SSSR count). The van der Waals surface area contributed by atoms with Gasteiger partial charge in [-0.15, -0.1) is 22.9 Å². The van der Waals surface area contributed by atoms with Gasteiger partial charge in [0.05, 0.1) is 4.90 Å². The van der Waals surface area contributed by atoms with Crippen LogP contribution < -0.4 is 5.32 Å². The molecule has 1 amide bonds. The highest BCUT2D eigenvalue weighted by Gasteiger charge is 2.31. The number of carbonyl (C=O) groups is 1. The minimum absolute atomic E-state index is 0.00177. The second-order valence-electron chi connectivity index (χ2n) is 5.26. The summed E-state index contributed by atoms with van der Waals surface area (Å²) in [6.45, 7) is 3.63. The quantitative estimate of drug-likeness (QED) is 0.793. The van der Waals surface area contributed by atoms with E-state index in [1.165, 1.54) is 11.3 Å². The van der Waals surface area contributed by atoms with Crippen LogP contribution in [0, 0.1) is 13.8 Å². The number of amides is 1. The molecule has 0 fully saturated rings. The highest BCUT2D eigenvalue weighted by molar-refractivity contribution is 7.92. The first kappa shape index (κ1) is 18.0. The van der Waals surface area contributed by atoms with Crippen LogP contribution in [0.5, 0.6) is 0 Å². The zero-order valence-electron chi connectivity index (χ0n) is 12.9. The Balaban J connectivity index is 2.44. The van der Waals surface area contributed by atoms with Gasteiger partial charge >= 0.3 is 0 Å². The van der Waals surface area contributed by atoms with E-state index in [2.05, 4.69) is 5.32 Å². The van der Waals surface area contributed by atoms with Crippen molar-refractivity contribution >= 4 is 38.7 Å². The van der Waals surface area contributed by atoms with Gasteiger partial charge in [-0.25, -0.2) is 8.42 Å². The molecule has 4 nitrogen and oxygen atoms in total. The number of carbonyl (C=O) groups excluding carboxylic acids is 1. The minimum Gasteiger partial charge on any atom is -0.353 e. The Hall–Kier alpha value is -1.37. The van der Waals surface area contributed by atoms with Crippen molar-refractivity contribution in [2.45, 2.75) is 24.0 Å². The number of sulfone groups is 1. The topological polar surface area (TPSA) is 63.2 Å². The van der Waals surface area contributed by atoms with E-state index in [1.807, 2.05) is 18.4 Å². The largest absolute Gasteiger partial charge is 0.353 e. The van der Waals surface area contributed by atoms with Gasteiger partial charge in [0.25, 0.3) is 0 Å². The SMILES string of the molecule is Cc1ccc(C)c(S(=O)(=O)[C@H](CNC(=O)CCl)c2cccs2)c1. The highest BCUT2D eigenvalue weighted by Crippen LogP contribution is 2.33. The second kappa shape index (κ2) is 7.47. The molecular formula is C16H18ClNO3S2. The van der Waals surface area contributed by atoms with E-state index in [0.717, 1.165) is 5.56 Å². The molecular weight excluding hydrogens is 354 g/mol. The van der Waals surface area contributed by atoms with E-state index in [-0.39, 0.29) is 18.3 Å². The summed E-state index contributed by atoms with van der Waals surface area (Å²) in [7, 11) is -3.63. The van der Waals surface area contributed by atoms with Crippen molar-refractivity contribution in [2.24, 2.45) is 0 Å². The lowest BCUT2D eigenvalue weighted by Gasteiger charge is -2.19. The minimum atomic E-state index is -3.63. The number of aryl methyl sites for hydroxylation is 2. The van der Waals surface area contributed by atoms with E-state index in [9.17, 15) is 13.2 Å². The molecule has 1 aromatic heterocycles. The molecule has 0 saturated carbocycles. The summed E-state index contributed by atoms with van der Waals surface area (Å²) in [4.78, 5) is 12.4. The predicted molar refractivity (Wildman–Crippen MR) is 93.9 cm³/mol. The third-order valence-electron chi connectivity index (χ3n) is 3.49. The normalized spacial score (nSPS) is 12.8. The first-order chi connectivity index (χ1) is 10.9.